The Morgan fingerprint density at radius 1 is 0.625 bits per heavy atom. The summed E-state index contributed by atoms with van der Waals surface area (Å²) in [6, 6.07) is 16.6. The molecule has 2 rings (SSSR count). The first kappa shape index (κ1) is 20.8. The average Bonchev–Trinajstić information content (AvgIpc) is 2.46. The van der Waals surface area contributed by atoms with E-state index in [2.05, 4.69) is 24.3 Å². The van der Waals surface area contributed by atoms with Crippen LogP contribution in [-0.2, 0) is 0 Å². The van der Waals surface area contributed by atoms with Gasteiger partial charge in [0.2, 0.25) is 0 Å². The van der Waals surface area contributed by atoms with Crippen molar-refractivity contribution < 1.29 is 55.9 Å². The number of benzene rings is 2. The fourth-order valence-corrected chi connectivity index (χ4v) is 3.55. The topological polar surface area (TPSA) is 18.5 Å². The van der Waals surface area contributed by atoms with Gasteiger partial charge >= 0.3 is 54.2 Å². The van der Waals surface area contributed by atoms with Crippen LogP contribution in [0.1, 0.15) is 0 Å². The summed E-state index contributed by atoms with van der Waals surface area (Å²) in [5, 5.41) is 0. The van der Waals surface area contributed by atoms with E-state index in [0.717, 1.165) is 11.5 Å². The molecule has 0 bridgehead atoms. The number of ether oxygens (including phenoxy) is 2. The second-order valence-corrected chi connectivity index (χ2v) is 9.32. The molecule has 2 aromatic rings. The van der Waals surface area contributed by atoms with Crippen molar-refractivity contribution in [3.8, 4) is 11.5 Å². The Hall–Kier alpha value is -1.22. The summed E-state index contributed by atoms with van der Waals surface area (Å²) < 4.78 is 72.3. The summed E-state index contributed by atoms with van der Waals surface area (Å²) in [7, 11) is -7.28. The monoisotopic (exact) mass is 486 g/mol. The average molecular weight is 486 g/mol. The molecule has 2 aromatic carbocycles. The van der Waals surface area contributed by atoms with E-state index in [1.807, 2.05) is 24.3 Å². The van der Waals surface area contributed by atoms with Gasteiger partial charge in [-0.15, -0.1) is 0 Å². The van der Waals surface area contributed by atoms with Gasteiger partial charge in [-0.3, -0.25) is 0 Å². The fourth-order valence-electron chi connectivity index (χ4n) is 1.39. The predicted molar refractivity (Wildman–Crippen MR) is 77.0 cm³/mol. The van der Waals surface area contributed by atoms with Crippen molar-refractivity contribution in [3.05, 3.63) is 55.7 Å². The Bertz CT molecular complexity index is 599. The Morgan fingerprint density at radius 3 is 1.08 bits per heavy atom. The van der Waals surface area contributed by atoms with Crippen molar-refractivity contribution in [1.82, 2.24) is 0 Å². The zero-order chi connectivity index (χ0) is 18.5. The predicted octanol–water partition coefficient (Wildman–Crippen LogP) is 3.21. The van der Waals surface area contributed by atoms with Crippen molar-refractivity contribution in [2.75, 3.05) is 14.2 Å². The molecule has 136 valence electrons. The molecule has 0 aliphatic carbocycles. The summed E-state index contributed by atoms with van der Waals surface area (Å²) in [5.41, 5.74) is 0. The molecule has 0 aromatic heterocycles. The van der Waals surface area contributed by atoms with E-state index in [9.17, 15) is 25.2 Å². The third kappa shape index (κ3) is 11.3. The van der Waals surface area contributed by atoms with Gasteiger partial charge in [0.15, 0.2) is 7.14 Å². The van der Waals surface area contributed by atoms with Crippen molar-refractivity contribution in [2.45, 2.75) is 0 Å². The van der Waals surface area contributed by atoms with Gasteiger partial charge in [-0.25, -0.2) is 0 Å². The summed E-state index contributed by atoms with van der Waals surface area (Å²) in [6.45, 7) is 0. The van der Waals surface area contributed by atoms with Gasteiger partial charge in [0, 0.05) is 0 Å². The summed E-state index contributed by atoms with van der Waals surface area (Å²) in [6.07, 6.45) is 0. The number of hydrogen-bond donors (Lipinski definition) is 0. The van der Waals surface area contributed by atoms with E-state index < -0.39 is 7.81 Å². The minimum atomic E-state index is -10.7. The normalized spacial score (nSPS) is 13.8. The van der Waals surface area contributed by atoms with Gasteiger partial charge in [-0.1, -0.05) is 0 Å². The van der Waals surface area contributed by atoms with E-state index in [1.165, 1.54) is 7.14 Å². The Labute approximate surface area is 145 Å². The van der Waals surface area contributed by atoms with Crippen LogP contribution in [0.25, 0.3) is 0 Å². The van der Waals surface area contributed by atoms with Crippen molar-refractivity contribution in [2.24, 2.45) is 0 Å². The van der Waals surface area contributed by atoms with Crippen molar-refractivity contribution >= 4 is 7.81 Å². The first-order chi connectivity index (χ1) is 10.8. The summed E-state index contributed by atoms with van der Waals surface area (Å²) in [4.78, 5) is 0. The first-order valence-corrected chi connectivity index (χ1v) is 10.4. The van der Waals surface area contributed by atoms with Gasteiger partial charge < -0.3 is 9.47 Å². The third-order valence-corrected chi connectivity index (χ3v) is 5.00. The SMILES string of the molecule is COc1ccc([I+]c2ccc(OC)cc2)cc1.F[P-](F)(F)(F)(F)F. The standard InChI is InChI=1S/C14H14IO2.F6P/c1-16-13-7-3-11(4-8-13)15-12-5-9-14(17-2)10-6-12;1-7(2,3,4,5)6/h3-10H,1-2H3;/q+1;-1. The molecule has 10 heteroatoms. The number of hydrogen-bond acceptors (Lipinski definition) is 2. The molecule has 0 aliphatic heterocycles. The molecule has 0 amide bonds. The zero-order valence-electron chi connectivity index (χ0n) is 12.5. The number of halogens is 7. The molecule has 0 N–H and O–H groups in total. The van der Waals surface area contributed by atoms with E-state index in [4.69, 9.17) is 9.47 Å². The first-order valence-electron chi connectivity index (χ1n) is 6.26. The number of rotatable bonds is 4. The molecule has 0 fully saturated rings. The fraction of sp³-hybridized carbons (Fsp3) is 0.143. The summed E-state index contributed by atoms with van der Waals surface area (Å²) >= 11 is -0.119. The molecule has 0 unspecified atom stereocenters. The van der Waals surface area contributed by atoms with Crippen LogP contribution in [0.2, 0.25) is 0 Å². The van der Waals surface area contributed by atoms with Gasteiger partial charge in [0.25, 0.3) is 0 Å². The van der Waals surface area contributed by atoms with Crippen molar-refractivity contribution in [3.63, 3.8) is 0 Å². The van der Waals surface area contributed by atoms with Crippen LogP contribution in [0.4, 0.5) is 25.2 Å². The second-order valence-electron chi connectivity index (χ2n) is 4.37. The van der Waals surface area contributed by atoms with Crippen LogP contribution in [0, 0.1) is 7.14 Å². The third-order valence-electron chi connectivity index (χ3n) is 2.32. The quantitative estimate of drug-likeness (QED) is 0.376. The summed E-state index contributed by atoms with van der Waals surface area (Å²) in [5.74, 6) is 1.82. The van der Waals surface area contributed by atoms with Crippen LogP contribution < -0.4 is 30.7 Å². The van der Waals surface area contributed by atoms with Crippen LogP contribution in [-0.4, -0.2) is 14.2 Å². The van der Waals surface area contributed by atoms with Crippen molar-refractivity contribution in [1.29, 1.82) is 0 Å². The molecule has 24 heavy (non-hydrogen) atoms. The molecule has 2 nitrogen and oxygen atoms in total. The van der Waals surface area contributed by atoms with Gasteiger partial charge in [-0.2, -0.15) is 0 Å². The molecule has 0 atom stereocenters. The molecular formula is C14H14F6IO2P. The van der Waals surface area contributed by atoms with Crippen LogP contribution in [0.3, 0.4) is 0 Å². The minimum absolute atomic E-state index is 0.119. The molecule has 0 spiro atoms. The van der Waals surface area contributed by atoms with Gasteiger partial charge in [0.05, 0.1) is 14.2 Å². The molecule has 0 radical (unpaired) electrons. The molecule has 0 saturated heterocycles. The van der Waals surface area contributed by atoms with Gasteiger partial charge in [-0.05, 0) is 48.5 Å². The zero-order valence-corrected chi connectivity index (χ0v) is 15.6. The maximum absolute atomic E-state index is 10.7. The Kier molecular flexibility index (Phi) is 6.03. The van der Waals surface area contributed by atoms with Crippen LogP contribution in [0.15, 0.2) is 48.5 Å². The molecule has 0 aliphatic rings. The number of methoxy groups -OCH3 is 2. The van der Waals surface area contributed by atoms with Crippen LogP contribution >= 0.6 is 7.81 Å². The second kappa shape index (κ2) is 6.95. The molecule has 0 heterocycles. The van der Waals surface area contributed by atoms with E-state index in [0.29, 0.717) is 0 Å². The Morgan fingerprint density at radius 2 is 0.875 bits per heavy atom. The molecule has 0 saturated carbocycles. The van der Waals surface area contributed by atoms with E-state index in [-0.39, 0.29) is 21.2 Å². The van der Waals surface area contributed by atoms with Crippen LogP contribution in [0.5, 0.6) is 11.5 Å². The van der Waals surface area contributed by atoms with E-state index in [1.54, 1.807) is 14.2 Å². The van der Waals surface area contributed by atoms with E-state index >= 15 is 0 Å². The molecular weight excluding hydrogens is 472 g/mol. The maximum atomic E-state index is 9.87. The Balaban J connectivity index is 0.000000351. The van der Waals surface area contributed by atoms with Gasteiger partial charge in [0.1, 0.15) is 11.5 Å².